The van der Waals surface area contributed by atoms with Gasteiger partial charge in [0.05, 0.1) is 5.02 Å². The highest BCUT2D eigenvalue weighted by atomic mass is 35.5. The lowest BCUT2D eigenvalue weighted by molar-refractivity contribution is 0.0272. The molecule has 2 rings (SSSR count). The van der Waals surface area contributed by atoms with Crippen LogP contribution in [0.3, 0.4) is 0 Å². The van der Waals surface area contributed by atoms with Crippen LogP contribution in [0.4, 0.5) is 4.39 Å². The number of dihydropyridines is 1. The quantitative estimate of drug-likeness (QED) is 0.791. The molecule has 0 saturated heterocycles. The number of aromatic nitrogens is 1. The summed E-state index contributed by atoms with van der Waals surface area (Å²) in [5, 5.41) is 3.02. The van der Waals surface area contributed by atoms with Crippen LogP contribution < -0.4 is 11.1 Å². The molecular weight excluding hydrogens is 245 g/mol. The number of methoxy groups -OCH3 is 1. The molecule has 0 amide bonds. The van der Waals surface area contributed by atoms with Gasteiger partial charge in [-0.05, 0) is 12.1 Å². The standard InChI is InChI=1S/C11H11ClFN3O/c1-17-11(14)9(4-7(13)5-16-11)8-2-3-15-6-10(8)12/h2-6,16H,14H2,1H3. The van der Waals surface area contributed by atoms with Crippen molar-refractivity contribution in [3.05, 3.63) is 47.1 Å². The van der Waals surface area contributed by atoms with Gasteiger partial charge >= 0.3 is 0 Å². The summed E-state index contributed by atoms with van der Waals surface area (Å²) in [6.45, 7) is 0. The van der Waals surface area contributed by atoms with Crippen LogP contribution in [-0.2, 0) is 4.74 Å². The van der Waals surface area contributed by atoms with Gasteiger partial charge in [0.2, 0.25) is 5.85 Å². The first-order valence-corrected chi connectivity index (χ1v) is 5.24. The number of rotatable bonds is 2. The van der Waals surface area contributed by atoms with E-state index in [1.54, 1.807) is 12.3 Å². The molecule has 17 heavy (non-hydrogen) atoms. The number of halogens is 2. The van der Waals surface area contributed by atoms with Gasteiger partial charge in [-0.3, -0.25) is 10.7 Å². The van der Waals surface area contributed by atoms with Gasteiger partial charge in [0.25, 0.3) is 0 Å². The lowest BCUT2D eigenvalue weighted by Gasteiger charge is -2.33. The number of nitrogens with two attached hydrogens (primary N) is 1. The molecular formula is C11H11ClFN3O. The molecule has 1 aromatic heterocycles. The molecule has 1 atom stereocenters. The Morgan fingerprint density at radius 2 is 2.35 bits per heavy atom. The van der Waals surface area contributed by atoms with E-state index in [9.17, 15) is 4.39 Å². The fourth-order valence-corrected chi connectivity index (χ4v) is 1.80. The number of pyridine rings is 1. The molecule has 1 aromatic rings. The molecule has 90 valence electrons. The molecule has 0 aliphatic carbocycles. The van der Waals surface area contributed by atoms with Crippen LogP contribution in [0.15, 0.2) is 36.6 Å². The summed E-state index contributed by atoms with van der Waals surface area (Å²) < 4.78 is 18.4. The Hall–Kier alpha value is -1.43. The van der Waals surface area contributed by atoms with Crippen LogP contribution >= 0.6 is 11.6 Å². The third kappa shape index (κ3) is 2.17. The molecule has 0 bridgehead atoms. The average molecular weight is 256 g/mol. The third-order valence-corrected chi connectivity index (χ3v) is 2.79. The molecule has 1 aliphatic heterocycles. The number of allylic oxidation sites excluding steroid dienone is 2. The second kappa shape index (κ2) is 4.44. The summed E-state index contributed by atoms with van der Waals surface area (Å²) >= 11 is 6.01. The first-order valence-electron chi connectivity index (χ1n) is 4.86. The normalized spacial score (nSPS) is 23.8. The topological polar surface area (TPSA) is 60.2 Å². The highest BCUT2D eigenvalue weighted by molar-refractivity contribution is 6.32. The minimum Gasteiger partial charge on any atom is -0.345 e. The lowest BCUT2D eigenvalue weighted by atomic mass is 9.99. The SMILES string of the molecule is COC1(N)NC=C(F)C=C1c1ccncc1Cl. The van der Waals surface area contributed by atoms with Crippen molar-refractivity contribution < 1.29 is 9.13 Å². The minimum absolute atomic E-state index is 0.377. The molecule has 1 unspecified atom stereocenters. The predicted octanol–water partition coefficient (Wildman–Crippen LogP) is 1.79. The summed E-state index contributed by atoms with van der Waals surface area (Å²) in [5.41, 5.74) is 6.95. The number of ether oxygens (including phenoxy) is 1. The van der Waals surface area contributed by atoms with E-state index in [1.807, 2.05) is 0 Å². The van der Waals surface area contributed by atoms with Crippen LogP contribution in [0.2, 0.25) is 5.02 Å². The largest absolute Gasteiger partial charge is 0.345 e. The van der Waals surface area contributed by atoms with Crippen LogP contribution in [0.1, 0.15) is 5.56 Å². The first kappa shape index (κ1) is 12.0. The minimum atomic E-state index is -1.30. The maximum absolute atomic E-state index is 13.3. The van der Waals surface area contributed by atoms with E-state index in [0.29, 0.717) is 16.2 Å². The van der Waals surface area contributed by atoms with Crippen LogP contribution in [0.25, 0.3) is 5.57 Å². The van der Waals surface area contributed by atoms with Gasteiger partial charge < -0.3 is 10.1 Å². The van der Waals surface area contributed by atoms with E-state index in [2.05, 4.69) is 10.3 Å². The Labute approximate surface area is 103 Å². The summed E-state index contributed by atoms with van der Waals surface area (Å²) in [7, 11) is 1.42. The Morgan fingerprint density at radius 3 is 3.00 bits per heavy atom. The predicted molar refractivity (Wildman–Crippen MR) is 63.5 cm³/mol. The van der Waals surface area contributed by atoms with Gasteiger partial charge in [0.1, 0.15) is 5.83 Å². The fourth-order valence-electron chi connectivity index (χ4n) is 1.58. The monoisotopic (exact) mass is 255 g/mol. The molecule has 3 N–H and O–H groups in total. The van der Waals surface area contributed by atoms with Crippen molar-refractivity contribution >= 4 is 17.2 Å². The number of hydrogen-bond donors (Lipinski definition) is 2. The van der Waals surface area contributed by atoms with Gasteiger partial charge in [-0.25, -0.2) is 4.39 Å². The second-order valence-corrected chi connectivity index (χ2v) is 3.93. The fraction of sp³-hybridized carbons (Fsp3) is 0.182. The zero-order valence-electron chi connectivity index (χ0n) is 9.08. The molecule has 0 radical (unpaired) electrons. The maximum atomic E-state index is 13.3. The van der Waals surface area contributed by atoms with Crippen LogP contribution in [0.5, 0.6) is 0 Å². The first-order chi connectivity index (χ1) is 8.07. The summed E-state index contributed by atoms with van der Waals surface area (Å²) in [6.07, 6.45) is 5.43. The molecule has 4 nitrogen and oxygen atoms in total. The Bertz CT molecular complexity index is 503. The van der Waals surface area contributed by atoms with E-state index in [0.717, 1.165) is 6.20 Å². The highest BCUT2D eigenvalue weighted by Gasteiger charge is 2.33. The van der Waals surface area contributed by atoms with Gasteiger partial charge in [-0.2, -0.15) is 0 Å². The average Bonchev–Trinajstić information content (AvgIpc) is 2.33. The van der Waals surface area contributed by atoms with Crippen LogP contribution in [-0.4, -0.2) is 17.9 Å². The van der Waals surface area contributed by atoms with Gasteiger partial charge in [-0.1, -0.05) is 11.6 Å². The van der Waals surface area contributed by atoms with Crippen molar-refractivity contribution in [3.63, 3.8) is 0 Å². The Balaban J connectivity index is 2.54. The van der Waals surface area contributed by atoms with E-state index in [-0.39, 0.29) is 0 Å². The van der Waals surface area contributed by atoms with E-state index >= 15 is 0 Å². The van der Waals surface area contributed by atoms with Crippen molar-refractivity contribution in [2.45, 2.75) is 5.85 Å². The van der Waals surface area contributed by atoms with E-state index < -0.39 is 11.7 Å². The molecule has 6 heteroatoms. The zero-order valence-corrected chi connectivity index (χ0v) is 9.83. The molecule has 2 heterocycles. The van der Waals surface area contributed by atoms with Crippen molar-refractivity contribution in [2.24, 2.45) is 5.73 Å². The lowest BCUT2D eigenvalue weighted by Crippen LogP contribution is -2.55. The highest BCUT2D eigenvalue weighted by Crippen LogP contribution is 2.32. The summed E-state index contributed by atoms with van der Waals surface area (Å²) in [6, 6.07) is 1.65. The van der Waals surface area contributed by atoms with Gasteiger partial charge in [0, 0.05) is 36.8 Å². The molecule has 0 aromatic carbocycles. The van der Waals surface area contributed by atoms with Gasteiger partial charge in [0.15, 0.2) is 0 Å². The smallest absolute Gasteiger partial charge is 0.220 e. The van der Waals surface area contributed by atoms with Crippen LogP contribution in [0, 0.1) is 0 Å². The molecule has 0 saturated carbocycles. The number of nitrogens with one attached hydrogen (secondary N) is 1. The van der Waals surface area contributed by atoms with Crippen molar-refractivity contribution in [3.8, 4) is 0 Å². The Kier molecular flexibility index (Phi) is 3.15. The van der Waals surface area contributed by atoms with Crippen molar-refractivity contribution in [2.75, 3.05) is 7.11 Å². The summed E-state index contributed by atoms with van der Waals surface area (Å²) in [5.74, 6) is -1.76. The Morgan fingerprint density at radius 1 is 1.59 bits per heavy atom. The number of hydrogen-bond acceptors (Lipinski definition) is 4. The second-order valence-electron chi connectivity index (χ2n) is 3.53. The van der Waals surface area contributed by atoms with Gasteiger partial charge in [-0.15, -0.1) is 0 Å². The maximum Gasteiger partial charge on any atom is 0.220 e. The van der Waals surface area contributed by atoms with E-state index in [1.165, 1.54) is 19.4 Å². The molecule has 0 spiro atoms. The molecule has 0 fully saturated rings. The molecule has 1 aliphatic rings. The van der Waals surface area contributed by atoms with E-state index in [4.69, 9.17) is 22.1 Å². The third-order valence-electron chi connectivity index (χ3n) is 2.49. The van der Waals surface area contributed by atoms with Crippen molar-refractivity contribution in [1.29, 1.82) is 0 Å². The zero-order chi connectivity index (χ0) is 12.5. The number of nitrogens with zero attached hydrogens (tertiary/aromatic N) is 1. The van der Waals surface area contributed by atoms with Crippen molar-refractivity contribution in [1.82, 2.24) is 10.3 Å². The summed E-state index contributed by atoms with van der Waals surface area (Å²) in [4.78, 5) is 3.86.